The van der Waals surface area contributed by atoms with Crippen LogP contribution in [0.5, 0.6) is 34.5 Å². The zero-order chi connectivity index (χ0) is 46.5. The molecule has 62 heavy (non-hydrogen) atoms. The van der Waals surface area contributed by atoms with Gasteiger partial charge in [0.25, 0.3) is 0 Å². The third-order valence-electron chi connectivity index (χ3n) is 10.6. The molecule has 2 aliphatic rings. The molecule has 0 saturated carbocycles. The van der Waals surface area contributed by atoms with Crippen molar-refractivity contribution in [2.24, 2.45) is 11.8 Å². The smallest absolute Gasteiger partial charge is 0.534 e. The predicted octanol–water partition coefficient (Wildman–Crippen LogP) is 13.7. The lowest BCUT2D eigenvalue weighted by Gasteiger charge is -2.35. The van der Waals surface area contributed by atoms with Crippen molar-refractivity contribution < 1.29 is 49.6 Å². The SMILES string of the molecule is C=C(C)[C@@H]1CCC(C)=C[C@H]1c1c(O)cc(/C=C/c2ccc(OC)cc2)cc1O.C=C(C)[C@@H]1CCC(C)=C[C@H]1c1c(O[Si](C)(C)C)cc(OS(=O)(=O)C(F)(F)F)cc1O[Si](C)(C)C. The van der Waals surface area contributed by atoms with Gasteiger partial charge >= 0.3 is 15.6 Å². The molecule has 0 fully saturated rings. The van der Waals surface area contributed by atoms with Crippen LogP contribution in [0.2, 0.25) is 39.3 Å². The summed E-state index contributed by atoms with van der Waals surface area (Å²) >= 11 is 0. The fourth-order valence-corrected chi connectivity index (χ4v) is 9.86. The average molecular weight is 913 g/mol. The molecule has 2 N–H and O–H groups in total. The lowest BCUT2D eigenvalue weighted by Crippen LogP contribution is -2.33. The Morgan fingerprint density at radius 3 is 1.52 bits per heavy atom. The highest BCUT2D eigenvalue weighted by Gasteiger charge is 2.49. The monoisotopic (exact) mass is 912 g/mol. The van der Waals surface area contributed by atoms with Crippen LogP contribution >= 0.6 is 0 Å². The van der Waals surface area contributed by atoms with Gasteiger partial charge in [-0.3, -0.25) is 0 Å². The lowest BCUT2D eigenvalue weighted by atomic mass is 9.73. The van der Waals surface area contributed by atoms with Gasteiger partial charge in [0, 0.05) is 35.1 Å². The summed E-state index contributed by atoms with van der Waals surface area (Å²) in [6.45, 7) is 28.0. The van der Waals surface area contributed by atoms with Gasteiger partial charge in [-0.2, -0.15) is 21.6 Å². The molecule has 338 valence electrons. The van der Waals surface area contributed by atoms with Crippen LogP contribution in [0, 0.1) is 11.8 Å². The first-order chi connectivity index (χ1) is 28.6. The molecule has 0 saturated heterocycles. The van der Waals surface area contributed by atoms with E-state index in [0.717, 1.165) is 53.7 Å². The van der Waals surface area contributed by atoms with Crippen molar-refractivity contribution in [2.45, 2.75) is 110 Å². The van der Waals surface area contributed by atoms with Crippen molar-refractivity contribution in [3.8, 4) is 34.5 Å². The lowest BCUT2D eigenvalue weighted by molar-refractivity contribution is -0.0500. The van der Waals surface area contributed by atoms with Crippen molar-refractivity contribution >= 4 is 38.9 Å². The van der Waals surface area contributed by atoms with Crippen LogP contribution in [0.15, 0.2) is 96.1 Å². The van der Waals surface area contributed by atoms with E-state index in [9.17, 15) is 31.8 Å². The quantitative estimate of drug-likeness (QED) is 0.0573. The van der Waals surface area contributed by atoms with E-state index in [0.29, 0.717) is 11.1 Å². The fraction of sp³-hybridized carbons (Fsp3) is 0.417. The molecule has 8 nitrogen and oxygen atoms in total. The Morgan fingerprint density at radius 1 is 0.710 bits per heavy atom. The standard InChI is InChI=1S/C25H28O3.C23H35F3O5SSi2/c1-16(2)21-12-5-17(3)13-22(21)25-23(26)14-19(15-24(25)27)7-6-18-8-10-20(28-4)11-9-18;1-15(2)18-11-10-16(3)12-19(18)22-20(30-33(4,5)6)13-17(14-21(22)31-34(7,8)9)29-32(27,28)23(24,25)26/h6-11,13-15,21-22,26-27H,1,5,12H2,2-4H3;12-14,18-19H,1,10-11H2,2-9H3/b7-6+;/t21-,22+;18-,19+/m00/s1. The highest BCUT2D eigenvalue weighted by molar-refractivity contribution is 7.88. The van der Waals surface area contributed by atoms with E-state index in [1.807, 2.05) is 96.5 Å². The molecule has 0 aliphatic heterocycles. The summed E-state index contributed by atoms with van der Waals surface area (Å²) < 4.78 is 84.9. The number of phenols is 2. The molecule has 5 rings (SSSR count). The Balaban J connectivity index is 0.000000277. The molecule has 0 spiro atoms. The number of halogens is 3. The first-order valence-electron chi connectivity index (χ1n) is 20.7. The maximum absolute atomic E-state index is 13.0. The Kier molecular flexibility index (Phi) is 16.0. The molecule has 0 aromatic heterocycles. The van der Waals surface area contributed by atoms with Crippen molar-refractivity contribution in [2.75, 3.05) is 7.11 Å². The second-order valence-electron chi connectivity index (χ2n) is 18.4. The third kappa shape index (κ3) is 13.4. The Morgan fingerprint density at radius 2 is 1.13 bits per heavy atom. The van der Waals surface area contributed by atoms with E-state index < -0.39 is 38.0 Å². The first kappa shape index (κ1) is 50.0. The minimum absolute atomic E-state index is 0.0501. The van der Waals surface area contributed by atoms with E-state index in [-0.39, 0.29) is 46.7 Å². The van der Waals surface area contributed by atoms with Gasteiger partial charge in [-0.05, 0) is 140 Å². The molecule has 3 aromatic carbocycles. The van der Waals surface area contributed by atoms with Gasteiger partial charge in [0.15, 0.2) is 0 Å². The summed E-state index contributed by atoms with van der Waals surface area (Å²) in [5.41, 5.74) is 2.00. The minimum Gasteiger partial charge on any atom is -0.544 e. The number of allylic oxidation sites excluding steroid dienone is 6. The second-order valence-corrected chi connectivity index (χ2v) is 28.8. The van der Waals surface area contributed by atoms with E-state index in [1.54, 1.807) is 19.2 Å². The molecule has 0 heterocycles. The number of methoxy groups -OCH3 is 1. The number of benzene rings is 3. The molecule has 0 bridgehead atoms. The summed E-state index contributed by atoms with van der Waals surface area (Å²) in [6.07, 6.45) is 11.9. The Hall–Kier alpha value is -4.67. The molecule has 0 unspecified atom stereocenters. The van der Waals surface area contributed by atoms with Crippen LogP contribution in [0.4, 0.5) is 13.2 Å². The highest BCUT2D eigenvalue weighted by atomic mass is 32.2. The maximum Gasteiger partial charge on any atom is 0.534 e. The second kappa shape index (κ2) is 19.8. The average Bonchev–Trinajstić information content (AvgIpc) is 3.12. The number of phenolic OH excluding ortho intramolecular Hbond substituents is 2. The summed E-state index contributed by atoms with van der Waals surface area (Å²) in [5.74, 6) is 1.18. The minimum atomic E-state index is -5.86. The summed E-state index contributed by atoms with van der Waals surface area (Å²) in [6, 6.07) is 13.6. The third-order valence-corrected chi connectivity index (χ3v) is 13.2. The molecular weight excluding hydrogens is 850 g/mol. The number of hydrogen-bond donors (Lipinski definition) is 2. The van der Waals surface area contributed by atoms with Crippen molar-refractivity contribution in [3.05, 3.63) is 118 Å². The van der Waals surface area contributed by atoms with Gasteiger partial charge in [0.05, 0.1) is 7.11 Å². The summed E-state index contributed by atoms with van der Waals surface area (Å²) in [4.78, 5) is 0. The summed E-state index contributed by atoms with van der Waals surface area (Å²) in [5, 5.41) is 21.4. The molecular formula is C48H63F3O8SSi2. The van der Waals surface area contributed by atoms with Gasteiger partial charge in [-0.1, -0.05) is 71.9 Å². The van der Waals surface area contributed by atoms with Crippen molar-refractivity contribution in [1.82, 2.24) is 0 Å². The topological polar surface area (TPSA) is 112 Å². The van der Waals surface area contributed by atoms with E-state index in [4.69, 9.17) is 13.6 Å². The normalized spacial score (nSPS) is 19.7. The van der Waals surface area contributed by atoms with Gasteiger partial charge in [0.1, 0.15) is 34.5 Å². The number of aromatic hydroxyl groups is 2. The zero-order valence-electron chi connectivity index (χ0n) is 37.9. The van der Waals surface area contributed by atoms with Crippen LogP contribution in [0.3, 0.4) is 0 Å². The number of alkyl halides is 3. The maximum atomic E-state index is 13.0. The van der Waals surface area contributed by atoms with Crippen molar-refractivity contribution in [3.63, 3.8) is 0 Å². The predicted molar refractivity (Wildman–Crippen MR) is 250 cm³/mol. The van der Waals surface area contributed by atoms with Crippen molar-refractivity contribution in [1.29, 1.82) is 0 Å². The Labute approximate surface area is 368 Å². The summed E-state index contributed by atoms with van der Waals surface area (Å²) in [7, 11) is -8.77. The molecule has 3 aromatic rings. The number of ether oxygens (including phenoxy) is 1. The highest BCUT2D eigenvalue weighted by Crippen LogP contribution is 2.50. The van der Waals surface area contributed by atoms with E-state index >= 15 is 0 Å². The van der Waals surface area contributed by atoms with Crippen LogP contribution in [0.25, 0.3) is 12.2 Å². The molecule has 14 heteroatoms. The number of hydrogen-bond acceptors (Lipinski definition) is 8. The van der Waals surface area contributed by atoms with E-state index in [1.165, 1.54) is 23.3 Å². The number of rotatable bonds is 13. The fourth-order valence-electron chi connectivity index (χ4n) is 7.76. The van der Waals surface area contributed by atoms with Gasteiger partial charge < -0.3 is 28.0 Å². The Bertz CT molecular complexity index is 2260. The molecule has 2 aliphatic carbocycles. The largest absolute Gasteiger partial charge is 0.544 e. The van der Waals surface area contributed by atoms with Crippen LogP contribution in [-0.2, 0) is 10.1 Å². The van der Waals surface area contributed by atoms with Gasteiger partial charge in [-0.15, -0.1) is 0 Å². The van der Waals surface area contributed by atoms with Gasteiger partial charge in [0.2, 0.25) is 16.6 Å². The molecule has 0 amide bonds. The van der Waals surface area contributed by atoms with E-state index in [2.05, 4.69) is 36.4 Å². The van der Waals surface area contributed by atoms with Gasteiger partial charge in [-0.25, -0.2) is 0 Å². The van der Waals surface area contributed by atoms with Crippen LogP contribution < -0.4 is 17.8 Å². The first-order valence-corrected chi connectivity index (χ1v) is 28.9. The molecule has 4 atom stereocenters. The van der Waals surface area contributed by atoms with Crippen LogP contribution in [-0.4, -0.2) is 47.9 Å². The zero-order valence-corrected chi connectivity index (χ0v) is 40.7. The van der Waals surface area contributed by atoms with Crippen LogP contribution in [0.1, 0.15) is 87.5 Å². The molecule has 0 radical (unpaired) electrons.